The molecule has 12 heteroatoms. The molecule has 1 saturated carbocycles. The van der Waals surface area contributed by atoms with E-state index in [4.69, 9.17) is 0 Å². The first-order valence-corrected chi connectivity index (χ1v) is 14.4. The molecule has 0 bridgehead atoms. The zero-order valence-corrected chi connectivity index (χ0v) is 23.9. The first kappa shape index (κ1) is 30.2. The quantitative estimate of drug-likeness (QED) is 0.156. The van der Waals surface area contributed by atoms with Crippen LogP contribution in [0.3, 0.4) is 0 Å². The van der Waals surface area contributed by atoms with Gasteiger partial charge >= 0.3 is 0 Å². The van der Waals surface area contributed by atoms with Crippen molar-refractivity contribution in [2.24, 2.45) is 0 Å². The van der Waals surface area contributed by atoms with Crippen LogP contribution >= 0.6 is 0 Å². The van der Waals surface area contributed by atoms with E-state index in [9.17, 15) is 29.8 Å². The molecule has 1 aliphatic carbocycles. The van der Waals surface area contributed by atoms with Gasteiger partial charge in [0.2, 0.25) is 0 Å². The first-order chi connectivity index (χ1) is 21.3. The van der Waals surface area contributed by atoms with Gasteiger partial charge in [0.15, 0.2) is 0 Å². The number of rotatable bonds is 12. The number of carbonyl (C=O) groups is 2. The normalized spacial score (nSPS) is 16.3. The van der Waals surface area contributed by atoms with Crippen molar-refractivity contribution in [1.29, 1.82) is 0 Å². The summed E-state index contributed by atoms with van der Waals surface area (Å²) in [5, 5.41) is 39.8. The molecule has 2 heterocycles. The number of nitro groups is 2. The molecule has 0 radical (unpaired) electrons. The van der Waals surface area contributed by atoms with E-state index in [1.165, 1.54) is 12.1 Å². The average molecular weight is 595 g/mol. The van der Waals surface area contributed by atoms with Crippen LogP contribution in [0.25, 0.3) is 0 Å². The number of carbonyl (C=O) groups excluding carboxylic acids is 2. The van der Waals surface area contributed by atoms with E-state index >= 15 is 0 Å². The second kappa shape index (κ2) is 13.8. The van der Waals surface area contributed by atoms with E-state index < -0.39 is 9.85 Å². The van der Waals surface area contributed by atoms with E-state index in [1.807, 2.05) is 12.1 Å². The summed E-state index contributed by atoms with van der Waals surface area (Å²) in [6.45, 7) is 0. The minimum absolute atomic E-state index is 0.0410. The minimum atomic E-state index is -0.486. The number of ketones is 2. The molecule has 12 nitrogen and oxygen atoms in total. The topological polar surface area (TPSA) is 172 Å². The van der Waals surface area contributed by atoms with Crippen LogP contribution < -0.4 is 0 Å². The molecule has 0 saturated heterocycles. The van der Waals surface area contributed by atoms with Crippen LogP contribution in [0, 0.1) is 20.2 Å². The molecule has 224 valence electrons. The lowest BCUT2D eigenvalue weighted by atomic mass is 9.78. The van der Waals surface area contributed by atoms with Gasteiger partial charge in [-0.05, 0) is 43.5 Å². The Kier molecular flexibility index (Phi) is 9.48. The van der Waals surface area contributed by atoms with E-state index in [0.29, 0.717) is 22.5 Å². The minimum Gasteiger partial charge on any atom is -0.299 e. The van der Waals surface area contributed by atoms with Gasteiger partial charge in [-0.3, -0.25) is 29.8 Å². The third-order valence-electron chi connectivity index (χ3n) is 7.90. The van der Waals surface area contributed by atoms with Crippen LogP contribution in [0.4, 0.5) is 11.4 Å². The maximum atomic E-state index is 12.6. The summed E-state index contributed by atoms with van der Waals surface area (Å²) in [6, 6.07) is 19.8. The van der Waals surface area contributed by atoms with Crippen LogP contribution in [-0.4, -0.2) is 41.8 Å². The monoisotopic (exact) mass is 594 g/mol. The van der Waals surface area contributed by atoms with Crippen molar-refractivity contribution in [3.8, 4) is 0 Å². The molecule has 4 aromatic rings. The van der Waals surface area contributed by atoms with Crippen LogP contribution in [0.15, 0.2) is 72.8 Å². The van der Waals surface area contributed by atoms with E-state index in [-0.39, 0.29) is 60.5 Å². The molecule has 2 aromatic carbocycles. The highest BCUT2D eigenvalue weighted by atomic mass is 16.6. The molecule has 0 unspecified atom stereocenters. The molecular weight excluding hydrogens is 564 g/mol. The molecule has 0 aliphatic heterocycles. The summed E-state index contributed by atoms with van der Waals surface area (Å²) >= 11 is 0. The Morgan fingerprint density at radius 2 is 1.05 bits per heavy atom. The maximum Gasteiger partial charge on any atom is 0.273 e. The predicted molar refractivity (Wildman–Crippen MR) is 159 cm³/mol. The van der Waals surface area contributed by atoms with Crippen molar-refractivity contribution in [2.75, 3.05) is 0 Å². The summed E-state index contributed by atoms with van der Waals surface area (Å²) in [5.74, 6) is -0.0151. The highest BCUT2D eigenvalue weighted by molar-refractivity contribution is 5.84. The maximum absolute atomic E-state index is 12.6. The fourth-order valence-electron chi connectivity index (χ4n) is 5.72. The Labute approximate surface area is 252 Å². The van der Waals surface area contributed by atoms with Gasteiger partial charge < -0.3 is 0 Å². The number of Topliss-reactive ketones (excluding diaryl/α,β-unsaturated/α-hetero) is 2. The summed E-state index contributed by atoms with van der Waals surface area (Å²) in [4.78, 5) is 46.7. The van der Waals surface area contributed by atoms with Crippen LogP contribution in [0.2, 0.25) is 0 Å². The number of hydrogen-bond donors (Lipinski definition) is 0. The Bertz CT molecular complexity index is 1550. The van der Waals surface area contributed by atoms with Gasteiger partial charge in [0.25, 0.3) is 11.4 Å². The van der Waals surface area contributed by atoms with Gasteiger partial charge in [0.1, 0.15) is 11.6 Å². The molecular formula is C32H30N6O6. The van der Waals surface area contributed by atoms with Crippen molar-refractivity contribution in [1.82, 2.24) is 20.4 Å². The molecule has 0 N–H and O–H groups in total. The molecule has 44 heavy (non-hydrogen) atoms. The summed E-state index contributed by atoms with van der Waals surface area (Å²) in [7, 11) is 0. The Morgan fingerprint density at radius 1 is 0.614 bits per heavy atom. The van der Waals surface area contributed by atoms with Crippen LogP contribution in [0.5, 0.6) is 0 Å². The van der Waals surface area contributed by atoms with Crippen molar-refractivity contribution in [3.63, 3.8) is 0 Å². The largest absolute Gasteiger partial charge is 0.299 e. The fourth-order valence-corrected chi connectivity index (χ4v) is 5.72. The van der Waals surface area contributed by atoms with E-state index in [0.717, 1.165) is 37.1 Å². The average Bonchev–Trinajstić information content (AvgIpc) is 3.02. The smallest absolute Gasteiger partial charge is 0.273 e. The second-order valence-electron chi connectivity index (χ2n) is 11.0. The van der Waals surface area contributed by atoms with Gasteiger partial charge in [-0.1, -0.05) is 42.8 Å². The van der Waals surface area contributed by atoms with Gasteiger partial charge in [0.05, 0.1) is 45.5 Å². The number of nitrogens with zero attached hydrogens (tertiary/aromatic N) is 6. The molecule has 0 spiro atoms. The van der Waals surface area contributed by atoms with Gasteiger partial charge in [0, 0.05) is 47.9 Å². The Balaban J connectivity index is 1.15. The van der Waals surface area contributed by atoms with Gasteiger partial charge in [-0.15, -0.1) is 0 Å². The summed E-state index contributed by atoms with van der Waals surface area (Å²) in [5.41, 5.74) is 3.33. The molecule has 5 rings (SSSR count). The van der Waals surface area contributed by atoms with Crippen LogP contribution in [0.1, 0.15) is 71.4 Å². The predicted octanol–water partition coefficient (Wildman–Crippen LogP) is 5.23. The second-order valence-corrected chi connectivity index (χ2v) is 11.0. The fraction of sp³-hybridized carbons (Fsp3) is 0.312. The molecule has 2 aromatic heterocycles. The number of aromatic nitrogens is 4. The number of benzene rings is 2. The lowest BCUT2D eigenvalue weighted by Crippen LogP contribution is -2.17. The standard InChI is InChI=1S/C32H30N6O6/c39-27(17-23-6-1-3-10-31(23)37(41)42)19-25-12-14-29(35-33-25)21-8-5-9-22(16-21)30-15-13-26(34-36-30)20-28(40)18-24-7-2-4-11-32(24)38(43)44/h1-4,6-7,10-15,21-22H,5,8-9,16-20H2/t21-,22-/m1/s1. The number of hydrogen-bond acceptors (Lipinski definition) is 10. The zero-order chi connectivity index (χ0) is 31.1. The van der Waals surface area contributed by atoms with Crippen LogP contribution in [-0.2, 0) is 35.3 Å². The highest BCUT2D eigenvalue weighted by Gasteiger charge is 2.27. The van der Waals surface area contributed by atoms with E-state index in [2.05, 4.69) is 20.4 Å². The van der Waals surface area contributed by atoms with Crippen molar-refractivity contribution < 1.29 is 19.4 Å². The molecule has 2 atom stereocenters. The molecule has 1 aliphatic rings. The van der Waals surface area contributed by atoms with Gasteiger partial charge in [-0.2, -0.15) is 20.4 Å². The number of nitro benzene ring substituents is 2. The lowest BCUT2D eigenvalue weighted by molar-refractivity contribution is -0.385. The Morgan fingerprint density at radius 3 is 1.43 bits per heavy atom. The summed E-state index contributed by atoms with van der Waals surface area (Å²) in [6.07, 6.45) is 3.68. The molecule has 0 amide bonds. The third-order valence-corrected chi connectivity index (χ3v) is 7.90. The van der Waals surface area contributed by atoms with Crippen molar-refractivity contribution in [3.05, 3.63) is 127 Å². The SMILES string of the molecule is O=C(Cc1ccc([C@@H]2CCC[C@@H](c3ccc(CC(=O)Cc4ccccc4[N+](=O)[O-])nn3)C2)nn1)Cc1ccccc1[N+](=O)[O-]. The number of para-hydroxylation sites is 2. The highest BCUT2D eigenvalue weighted by Crippen LogP contribution is 2.39. The van der Waals surface area contributed by atoms with E-state index in [1.54, 1.807) is 48.5 Å². The Hall–Kier alpha value is -5.26. The third kappa shape index (κ3) is 7.57. The van der Waals surface area contributed by atoms with Crippen molar-refractivity contribution in [2.45, 2.75) is 63.2 Å². The lowest BCUT2D eigenvalue weighted by Gasteiger charge is -2.28. The summed E-state index contributed by atoms with van der Waals surface area (Å²) < 4.78 is 0. The first-order valence-electron chi connectivity index (χ1n) is 14.4. The van der Waals surface area contributed by atoms with Crippen molar-refractivity contribution >= 4 is 22.9 Å². The van der Waals surface area contributed by atoms with Gasteiger partial charge in [-0.25, -0.2) is 0 Å². The molecule has 1 fully saturated rings. The zero-order valence-electron chi connectivity index (χ0n) is 23.9.